The first kappa shape index (κ1) is 12.0. The number of ether oxygens (including phenoxy) is 1. The first-order chi connectivity index (χ1) is 8.75. The van der Waals surface area contributed by atoms with E-state index in [9.17, 15) is 9.59 Å². The molecule has 2 saturated heterocycles. The molecule has 0 aromatic carbocycles. The highest BCUT2D eigenvalue weighted by Gasteiger charge is 2.45. The van der Waals surface area contributed by atoms with Crippen molar-refractivity contribution in [2.45, 2.75) is 31.7 Å². The number of carbonyl (C=O) groups excluding carboxylic acids is 2. The van der Waals surface area contributed by atoms with E-state index in [0.717, 1.165) is 45.4 Å². The molecule has 2 heterocycles. The van der Waals surface area contributed by atoms with Crippen LogP contribution in [0.4, 0.5) is 0 Å². The predicted molar refractivity (Wildman–Crippen MR) is 64.8 cm³/mol. The minimum Gasteiger partial charge on any atom is -0.381 e. The molecule has 1 aliphatic carbocycles. The largest absolute Gasteiger partial charge is 0.381 e. The van der Waals surface area contributed by atoms with Gasteiger partial charge in [-0.1, -0.05) is 0 Å². The minimum atomic E-state index is -0.200. The summed E-state index contributed by atoms with van der Waals surface area (Å²) in [5.74, 6) is 1.02. The zero-order valence-electron chi connectivity index (χ0n) is 10.6. The number of rotatable bonds is 3. The molecule has 1 atom stereocenters. The number of hydrogen-bond acceptors (Lipinski definition) is 3. The Kier molecular flexibility index (Phi) is 3.24. The lowest BCUT2D eigenvalue weighted by molar-refractivity contribution is -0.147. The second-order valence-corrected chi connectivity index (χ2v) is 5.60. The van der Waals surface area contributed by atoms with Gasteiger partial charge in [-0.3, -0.25) is 9.59 Å². The van der Waals surface area contributed by atoms with Gasteiger partial charge in [0.2, 0.25) is 11.8 Å². The maximum atomic E-state index is 12.0. The first-order valence-corrected chi connectivity index (χ1v) is 6.90. The molecular formula is C13H20N2O3. The van der Waals surface area contributed by atoms with Gasteiger partial charge in [-0.05, 0) is 37.5 Å². The highest BCUT2D eigenvalue weighted by atomic mass is 16.5. The van der Waals surface area contributed by atoms with Crippen molar-refractivity contribution >= 4 is 11.8 Å². The molecule has 3 rings (SSSR count). The summed E-state index contributed by atoms with van der Waals surface area (Å²) in [6.45, 7) is 2.47. The van der Waals surface area contributed by atoms with Gasteiger partial charge in [0.05, 0.1) is 6.54 Å². The second kappa shape index (κ2) is 4.88. The Bertz CT molecular complexity index is 348. The van der Waals surface area contributed by atoms with Crippen molar-refractivity contribution in [1.82, 2.24) is 10.2 Å². The van der Waals surface area contributed by atoms with E-state index < -0.39 is 0 Å². The van der Waals surface area contributed by atoms with Gasteiger partial charge in [-0.15, -0.1) is 0 Å². The van der Waals surface area contributed by atoms with Gasteiger partial charge in [0, 0.05) is 19.8 Å². The molecule has 0 bridgehead atoms. The van der Waals surface area contributed by atoms with E-state index in [2.05, 4.69) is 5.32 Å². The van der Waals surface area contributed by atoms with Gasteiger partial charge in [0.1, 0.15) is 6.04 Å². The second-order valence-electron chi connectivity index (χ2n) is 5.60. The lowest BCUT2D eigenvalue weighted by Gasteiger charge is -2.38. The SMILES string of the molecule is O=C1NCC(=O)N(CC2CCOCC2)C1C1CC1. The van der Waals surface area contributed by atoms with Gasteiger partial charge in [0.25, 0.3) is 0 Å². The molecule has 5 nitrogen and oxygen atoms in total. The van der Waals surface area contributed by atoms with Crippen LogP contribution in [0.1, 0.15) is 25.7 Å². The molecule has 0 aromatic rings. The molecule has 100 valence electrons. The van der Waals surface area contributed by atoms with E-state index in [4.69, 9.17) is 4.74 Å². The van der Waals surface area contributed by atoms with E-state index in [0.29, 0.717) is 11.8 Å². The third-order valence-electron chi connectivity index (χ3n) is 4.20. The monoisotopic (exact) mass is 252 g/mol. The van der Waals surface area contributed by atoms with Crippen LogP contribution >= 0.6 is 0 Å². The molecule has 18 heavy (non-hydrogen) atoms. The van der Waals surface area contributed by atoms with Crippen LogP contribution < -0.4 is 5.32 Å². The maximum Gasteiger partial charge on any atom is 0.243 e. The number of amides is 2. The molecule has 1 N–H and O–H groups in total. The topological polar surface area (TPSA) is 58.6 Å². The molecule has 0 spiro atoms. The van der Waals surface area contributed by atoms with Gasteiger partial charge < -0.3 is 15.0 Å². The zero-order chi connectivity index (χ0) is 12.5. The molecule has 0 radical (unpaired) electrons. The van der Waals surface area contributed by atoms with Crippen molar-refractivity contribution in [2.75, 3.05) is 26.3 Å². The van der Waals surface area contributed by atoms with Crippen LogP contribution in [0.15, 0.2) is 0 Å². The lowest BCUT2D eigenvalue weighted by atomic mass is 9.97. The number of piperazine rings is 1. The average Bonchev–Trinajstić information content (AvgIpc) is 3.20. The van der Waals surface area contributed by atoms with Crippen LogP contribution in [0.25, 0.3) is 0 Å². The fourth-order valence-electron chi connectivity index (χ4n) is 2.97. The quantitative estimate of drug-likeness (QED) is 0.778. The Morgan fingerprint density at radius 2 is 1.89 bits per heavy atom. The van der Waals surface area contributed by atoms with Gasteiger partial charge >= 0.3 is 0 Å². The van der Waals surface area contributed by atoms with Crippen LogP contribution in [-0.4, -0.2) is 49.1 Å². The maximum absolute atomic E-state index is 12.0. The smallest absolute Gasteiger partial charge is 0.243 e. The summed E-state index contributed by atoms with van der Waals surface area (Å²) in [4.78, 5) is 25.8. The third-order valence-corrected chi connectivity index (χ3v) is 4.20. The third kappa shape index (κ3) is 2.36. The molecular weight excluding hydrogens is 232 g/mol. The molecule has 1 saturated carbocycles. The standard InChI is InChI=1S/C13H20N2O3/c16-11-7-14-13(17)12(10-1-2-10)15(11)8-9-3-5-18-6-4-9/h9-10,12H,1-8H2,(H,14,17). The van der Waals surface area contributed by atoms with Crippen LogP contribution in [0, 0.1) is 11.8 Å². The van der Waals surface area contributed by atoms with E-state index in [1.807, 2.05) is 4.90 Å². The Morgan fingerprint density at radius 3 is 2.56 bits per heavy atom. The Hall–Kier alpha value is -1.10. The molecule has 2 amide bonds. The van der Waals surface area contributed by atoms with Gasteiger partial charge in [0.15, 0.2) is 0 Å². The lowest BCUT2D eigenvalue weighted by Crippen LogP contribution is -2.60. The molecule has 0 aromatic heterocycles. The number of carbonyl (C=O) groups is 2. The summed E-state index contributed by atoms with van der Waals surface area (Å²) >= 11 is 0. The normalized spacial score (nSPS) is 30.4. The van der Waals surface area contributed by atoms with Crippen LogP contribution in [-0.2, 0) is 14.3 Å². The Morgan fingerprint density at radius 1 is 1.17 bits per heavy atom. The predicted octanol–water partition coefficient (Wildman–Crippen LogP) is 0.150. The Labute approximate surface area is 107 Å². The van der Waals surface area contributed by atoms with E-state index in [1.54, 1.807) is 0 Å². The zero-order valence-corrected chi connectivity index (χ0v) is 10.6. The summed E-state index contributed by atoms with van der Waals surface area (Å²) in [7, 11) is 0. The van der Waals surface area contributed by atoms with Crippen molar-refractivity contribution in [3.05, 3.63) is 0 Å². The minimum absolute atomic E-state index is 0.0455. The van der Waals surface area contributed by atoms with E-state index in [1.165, 1.54) is 0 Å². The molecule has 5 heteroatoms. The van der Waals surface area contributed by atoms with Crippen molar-refractivity contribution in [2.24, 2.45) is 11.8 Å². The fraction of sp³-hybridized carbons (Fsp3) is 0.846. The number of nitrogens with one attached hydrogen (secondary N) is 1. The number of nitrogens with zero attached hydrogens (tertiary/aromatic N) is 1. The molecule has 3 aliphatic rings. The highest BCUT2D eigenvalue weighted by Crippen LogP contribution is 2.37. The highest BCUT2D eigenvalue weighted by molar-refractivity contribution is 5.95. The van der Waals surface area contributed by atoms with Crippen molar-refractivity contribution < 1.29 is 14.3 Å². The Balaban J connectivity index is 1.68. The summed E-state index contributed by atoms with van der Waals surface area (Å²) < 4.78 is 5.34. The van der Waals surface area contributed by atoms with E-state index >= 15 is 0 Å². The van der Waals surface area contributed by atoms with Crippen LogP contribution in [0.2, 0.25) is 0 Å². The summed E-state index contributed by atoms with van der Waals surface area (Å²) in [6.07, 6.45) is 4.16. The molecule has 3 fully saturated rings. The van der Waals surface area contributed by atoms with Crippen molar-refractivity contribution in [3.63, 3.8) is 0 Å². The summed E-state index contributed by atoms with van der Waals surface area (Å²) in [6, 6.07) is -0.200. The van der Waals surface area contributed by atoms with Crippen LogP contribution in [0.5, 0.6) is 0 Å². The van der Waals surface area contributed by atoms with Crippen LogP contribution in [0.3, 0.4) is 0 Å². The summed E-state index contributed by atoms with van der Waals surface area (Å²) in [5.41, 5.74) is 0. The fourth-order valence-corrected chi connectivity index (χ4v) is 2.97. The number of hydrogen-bond donors (Lipinski definition) is 1. The van der Waals surface area contributed by atoms with Crippen molar-refractivity contribution in [1.29, 1.82) is 0 Å². The average molecular weight is 252 g/mol. The van der Waals surface area contributed by atoms with Gasteiger partial charge in [-0.2, -0.15) is 0 Å². The van der Waals surface area contributed by atoms with Gasteiger partial charge in [-0.25, -0.2) is 0 Å². The summed E-state index contributed by atoms with van der Waals surface area (Å²) in [5, 5.41) is 2.72. The first-order valence-electron chi connectivity index (χ1n) is 6.90. The van der Waals surface area contributed by atoms with E-state index in [-0.39, 0.29) is 24.4 Å². The van der Waals surface area contributed by atoms with Crippen molar-refractivity contribution in [3.8, 4) is 0 Å². The molecule has 1 unspecified atom stereocenters. The molecule has 2 aliphatic heterocycles.